The minimum absolute atomic E-state index is 0.0137. The third kappa shape index (κ3) is 5.70. The fourth-order valence-corrected chi connectivity index (χ4v) is 6.02. The third-order valence-electron chi connectivity index (χ3n) is 5.86. The number of piperidine rings is 1. The van der Waals surface area contributed by atoms with Gasteiger partial charge in [0.15, 0.2) is 13.2 Å². The Kier molecular flexibility index (Phi) is 7.65. The van der Waals surface area contributed by atoms with Gasteiger partial charge in [0.05, 0.1) is 17.3 Å². The highest BCUT2D eigenvalue weighted by Gasteiger charge is 2.52. The van der Waals surface area contributed by atoms with E-state index in [0.717, 1.165) is 6.42 Å². The van der Waals surface area contributed by atoms with E-state index in [1.54, 1.807) is 6.07 Å². The number of nitrogens with one attached hydrogen (secondary N) is 1. The van der Waals surface area contributed by atoms with Gasteiger partial charge in [-0.15, -0.1) is 0 Å². The number of rotatable bonds is 8. The number of ether oxygens (including phenoxy) is 1. The van der Waals surface area contributed by atoms with Crippen molar-refractivity contribution < 1.29 is 41.1 Å². The van der Waals surface area contributed by atoms with Gasteiger partial charge in [0.2, 0.25) is 0 Å². The van der Waals surface area contributed by atoms with Crippen molar-refractivity contribution in [1.29, 1.82) is 0 Å². The molecule has 178 valence electrons. The molecule has 0 radical (unpaired) electrons. The van der Waals surface area contributed by atoms with E-state index in [4.69, 9.17) is 13.8 Å². The first-order chi connectivity index (χ1) is 15.0. The highest BCUT2D eigenvalue weighted by atomic mass is 31.2. The summed E-state index contributed by atoms with van der Waals surface area (Å²) in [6.45, 7) is -2.26. The average molecular weight is 478 g/mol. The molecule has 0 aromatic heterocycles. The topological polar surface area (TPSA) is 94.2 Å². The molecule has 0 saturated carbocycles. The van der Waals surface area contributed by atoms with Gasteiger partial charge in [-0.25, -0.2) is 0 Å². The molecule has 1 amide bonds. The molecule has 1 aromatic carbocycles. The zero-order valence-corrected chi connectivity index (χ0v) is 18.6. The van der Waals surface area contributed by atoms with Crippen LogP contribution in [0.25, 0.3) is 0 Å². The van der Waals surface area contributed by atoms with Crippen molar-refractivity contribution in [2.24, 2.45) is 5.92 Å². The maximum Gasteiger partial charge on any atom is 0.412 e. The second kappa shape index (κ2) is 9.91. The number of halogens is 3. The first-order valence-electron chi connectivity index (χ1n) is 10.2. The van der Waals surface area contributed by atoms with Crippen LogP contribution < -0.4 is 10.6 Å². The quantitative estimate of drug-likeness (QED) is 0.453. The number of nitrogens with zero attached hydrogens (tertiary/aromatic N) is 1. The molecule has 1 N–H and O–H groups in total. The van der Waals surface area contributed by atoms with Crippen LogP contribution in [0, 0.1) is 5.92 Å². The highest BCUT2D eigenvalue weighted by molar-refractivity contribution is 7.62. The Morgan fingerprint density at radius 2 is 1.91 bits per heavy atom. The number of likely N-dealkylation sites (N-methyl/N-ethyl adjacent to an activating group) is 1. The summed E-state index contributed by atoms with van der Waals surface area (Å²) in [4.78, 5) is 26.4. The standard InChI is InChI=1S/C20H26F3N2O6P/c1-24-17(26)11-29-19(27)18-15-9-8-13(25(15)2)10-16(18)31-32(28,30-12-20(21,22)23)14-6-4-3-5-7-14/h3-7,13,15-16,18H,8-12H2,1-2H3,(H,24,26)/t13?,15?,16?,18-,32?/m1/s1. The van der Waals surface area contributed by atoms with E-state index in [1.165, 1.54) is 31.3 Å². The Morgan fingerprint density at radius 1 is 1.22 bits per heavy atom. The van der Waals surface area contributed by atoms with Gasteiger partial charge in [-0.3, -0.25) is 23.6 Å². The number of amides is 1. The second-order valence-electron chi connectivity index (χ2n) is 7.87. The summed E-state index contributed by atoms with van der Waals surface area (Å²) in [7, 11) is -1.19. The first kappa shape index (κ1) is 24.7. The van der Waals surface area contributed by atoms with Crippen LogP contribution in [0.15, 0.2) is 30.3 Å². The van der Waals surface area contributed by atoms with Crippen molar-refractivity contribution in [3.05, 3.63) is 30.3 Å². The Morgan fingerprint density at radius 3 is 2.53 bits per heavy atom. The van der Waals surface area contributed by atoms with Crippen molar-refractivity contribution in [1.82, 2.24) is 10.2 Å². The number of carbonyl (C=O) groups excluding carboxylic acids is 2. The van der Waals surface area contributed by atoms with Crippen LogP contribution in [0.4, 0.5) is 13.2 Å². The van der Waals surface area contributed by atoms with Gasteiger partial charge in [-0.1, -0.05) is 18.2 Å². The number of hydrogen-bond acceptors (Lipinski definition) is 7. The lowest BCUT2D eigenvalue weighted by Gasteiger charge is -2.42. The van der Waals surface area contributed by atoms with Crippen molar-refractivity contribution >= 4 is 24.8 Å². The lowest BCUT2D eigenvalue weighted by Crippen LogP contribution is -2.53. The smallest absolute Gasteiger partial charge is 0.412 e. The second-order valence-corrected chi connectivity index (χ2v) is 9.85. The van der Waals surface area contributed by atoms with E-state index in [0.29, 0.717) is 6.42 Å². The van der Waals surface area contributed by atoms with E-state index in [9.17, 15) is 27.3 Å². The highest BCUT2D eigenvalue weighted by Crippen LogP contribution is 2.53. The number of fused-ring (bicyclic) bond motifs is 2. The van der Waals surface area contributed by atoms with Gasteiger partial charge in [-0.2, -0.15) is 13.2 Å². The third-order valence-corrected chi connectivity index (χ3v) is 7.80. The number of esters is 1. The number of benzene rings is 1. The van der Waals surface area contributed by atoms with Crippen molar-refractivity contribution in [3.8, 4) is 0 Å². The summed E-state index contributed by atoms with van der Waals surface area (Å²) in [5.74, 6) is -2.17. The molecule has 3 rings (SSSR count). The zero-order valence-electron chi connectivity index (χ0n) is 17.7. The molecular weight excluding hydrogens is 452 g/mol. The Labute approximate surface area is 183 Å². The fourth-order valence-electron chi connectivity index (χ4n) is 4.26. The van der Waals surface area contributed by atoms with Gasteiger partial charge >= 0.3 is 19.7 Å². The summed E-state index contributed by atoms with van der Waals surface area (Å²) >= 11 is 0. The Bertz CT molecular complexity index is 869. The van der Waals surface area contributed by atoms with Crippen LogP contribution in [-0.2, 0) is 27.9 Å². The zero-order chi connectivity index (χ0) is 23.5. The van der Waals surface area contributed by atoms with Gasteiger partial charge in [0, 0.05) is 19.1 Å². The van der Waals surface area contributed by atoms with E-state index in [2.05, 4.69) is 5.32 Å². The summed E-state index contributed by atoms with van der Waals surface area (Å²) in [5, 5.41) is 2.30. The molecule has 0 spiro atoms. The van der Waals surface area contributed by atoms with Crippen LogP contribution in [-0.4, -0.2) is 68.4 Å². The van der Waals surface area contributed by atoms with Crippen LogP contribution in [0.1, 0.15) is 19.3 Å². The maximum absolute atomic E-state index is 13.6. The van der Waals surface area contributed by atoms with E-state index < -0.39 is 50.9 Å². The minimum Gasteiger partial charge on any atom is -0.455 e. The van der Waals surface area contributed by atoms with E-state index >= 15 is 0 Å². The van der Waals surface area contributed by atoms with Crippen LogP contribution in [0.2, 0.25) is 0 Å². The van der Waals surface area contributed by atoms with Crippen molar-refractivity contribution in [3.63, 3.8) is 0 Å². The summed E-state index contributed by atoms with van der Waals surface area (Å²) in [6, 6.07) is 7.06. The normalized spacial score (nSPS) is 27.5. The molecule has 32 heavy (non-hydrogen) atoms. The van der Waals surface area contributed by atoms with Crippen LogP contribution >= 0.6 is 7.60 Å². The predicted molar refractivity (Wildman–Crippen MR) is 108 cm³/mol. The predicted octanol–water partition coefficient (Wildman–Crippen LogP) is 2.24. The van der Waals surface area contributed by atoms with Crippen molar-refractivity contribution in [2.45, 2.75) is 43.6 Å². The molecule has 2 aliphatic heterocycles. The molecule has 1 aromatic rings. The lowest BCUT2D eigenvalue weighted by molar-refractivity contribution is -0.163. The van der Waals surface area contributed by atoms with Crippen LogP contribution in [0.3, 0.4) is 0 Å². The largest absolute Gasteiger partial charge is 0.455 e. The number of alkyl halides is 3. The van der Waals surface area contributed by atoms with E-state index in [1.807, 2.05) is 11.9 Å². The molecule has 2 fully saturated rings. The summed E-state index contributed by atoms with van der Waals surface area (Å²) in [6.07, 6.45) is -4.07. The molecule has 2 saturated heterocycles. The van der Waals surface area contributed by atoms with Gasteiger partial charge < -0.3 is 14.6 Å². The average Bonchev–Trinajstić information content (AvgIpc) is 2.99. The molecule has 12 heteroatoms. The molecule has 2 bridgehead atoms. The fraction of sp³-hybridized carbons (Fsp3) is 0.600. The van der Waals surface area contributed by atoms with Gasteiger partial charge in [-0.05, 0) is 38.4 Å². The number of hydrogen-bond donors (Lipinski definition) is 1. The lowest BCUT2D eigenvalue weighted by atomic mass is 9.88. The van der Waals surface area contributed by atoms with Crippen LogP contribution in [0.5, 0.6) is 0 Å². The molecule has 4 unspecified atom stereocenters. The molecule has 8 nitrogen and oxygen atoms in total. The van der Waals surface area contributed by atoms with Crippen molar-refractivity contribution in [2.75, 3.05) is 27.3 Å². The molecule has 0 aliphatic carbocycles. The number of carbonyl (C=O) groups is 2. The first-order valence-corrected chi connectivity index (χ1v) is 11.7. The Balaban J connectivity index is 1.87. The van der Waals surface area contributed by atoms with E-state index in [-0.39, 0.29) is 23.8 Å². The molecule has 5 atom stereocenters. The maximum atomic E-state index is 13.6. The SMILES string of the molecule is CNC(=O)COC(=O)[C@H]1C(OP(=O)(OCC(F)(F)F)c2ccccc2)CC2CCC1N2C. The van der Waals surface area contributed by atoms with Gasteiger partial charge in [0.25, 0.3) is 5.91 Å². The summed E-state index contributed by atoms with van der Waals surface area (Å²) < 4.78 is 67.8. The summed E-state index contributed by atoms with van der Waals surface area (Å²) in [5.41, 5.74) is 0. The molecule has 2 heterocycles. The minimum atomic E-state index is -4.72. The molecular formula is C20H26F3N2O6P. The van der Waals surface area contributed by atoms with Gasteiger partial charge in [0.1, 0.15) is 0 Å². The Hall–Kier alpha value is -1.94. The monoisotopic (exact) mass is 478 g/mol. The molecule has 2 aliphatic rings.